The molecule has 0 spiro atoms. The van der Waals surface area contributed by atoms with Crippen LogP contribution in [0.2, 0.25) is 0 Å². The maximum absolute atomic E-state index is 11.8. The third-order valence-electron chi connectivity index (χ3n) is 3.08. The van der Waals surface area contributed by atoms with Gasteiger partial charge in [0.1, 0.15) is 5.60 Å². The number of rotatable bonds is 4. The number of hydrogen-bond acceptors (Lipinski definition) is 4. The first-order chi connectivity index (χ1) is 10.8. The van der Waals surface area contributed by atoms with Gasteiger partial charge in [-0.3, -0.25) is 10.3 Å². The molecule has 2 aromatic rings. The van der Waals surface area contributed by atoms with Gasteiger partial charge in [-0.25, -0.2) is 4.79 Å². The number of amides is 1. The van der Waals surface area contributed by atoms with Crippen molar-refractivity contribution in [3.8, 4) is 0 Å². The Morgan fingerprint density at radius 3 is 2.65 bits per heavy atom. The zero-order valence-corrected chi connectivity index (χ0v) is 14.0. The van der Waals surface area contributed by atoms with Crippen molar-refractivity contribution in [1.82, 2.24) is 4.98 Å². The minimum Gasteiger partial charge on any atom is -0.444 e. The zero-order valence-electron chi connectivity index (χ0n) is 14.0. The van der Waals surface area contributed by atoms with Crippen LogP contribution >= 0.6 is 0 Å². The van der Waals surface area contributed by atoms with E-state index in [1.165, 1.54) is 0 Å². The molecule has 2 N–H and O–H groups in total. The quantitative estimate of drug-likeness (QED) is 0.881. The second-order valence-electron chi connectivity index (χ2n) is 6.37. The Kier molecular flexibility index (Phi) is 5.21. The van der Waals surface area contributed by atoms with Crippen LogP contribution in [0.15, 0.2) is 42.7 Å². The number of benzene rings is 1. The molecule has 23 heavy (non-hydrogen) atoms. The highest BCUT2D eigenvalue weighted by Gasteiger charge is 2.16. The summed E-state index contributed by atoms with van der Waals surface area (Å²) in [6.07, 6.45) is 3.14. The predicted molar refractivity (Wildman–Crippen MR) is 92.6 cm³/mol. The number of aromatic nitrogens is 1. The molecule has 0 saturated carbocycles. The number of carbonyl (C=O) groups is 1. The monoisotopic (exact) mass is 313 g/mol. The van der Waals surface area contributed by atoms with E-state index >= 15 is 0 Å². The Labute approximate surface area is 137 Å². The molecule has 122 valence electrons. The Hall–Kier alpha value is -2.56. The minimum atomic E-state index is -0.510. The lowest BCUT2D eigenvalue weighted by atomic mass is 10.1. The third-order valence-corrected chi connectivity index (χ3v) is 3.08. The lowest BCUT2D eigenvalue weighted by Gasteiger charge is -2.20. The molecule has 5 nitrogen and oxygen atoms in total. The highest BCUT2D eigenvalue weighted by molar-refractivity contribution is 5.85. The first-order valence-electron chi connectivity index (χ1n) is 7.57. The molecule has 0 aliphatic heterocycles. The number of carbonyl (C=O) groups excluding carboxylic acids is 1. The van der Waals surface area contributed by atoms with Gasteiger partial charge in [0.2, 0.25) is 0 Å². The number of ether oxygens (including phenoxy) is 1. The molecule has 0 fully saturated rings. The second kappa shape index (κ2) is 7.13. The van der Waals surface area contributed by atoms with Crippen molar-refractivity contribution in [2.75, 3.05) is 10.6 Å². The average molecular weight is 313 g/mol. The van der Waals surface area contributed by atoms with E-state index in [2.05, 4.69) is 15.6 Å². The van der Waals surface area contributed by atoms with Crippen LogP contribution in [0.25, 0.3) is 0 Å². The van der Waals surface area contributed by atoms with Gasteiger partial charge in [0.25, 0.3) is 0 Å². The number of anilines is 2. The van der Waals surface area contributed by atoms with Crippen molar-refractivity contribution in [3.63, 3.8) is 0 Å². The lowest BCUT2D eigenvalue weighted by molar-refractivity contribution is 0.0636. The average Bonchev–Trinajstić information content (AvgIpc) is 2.45. The molecule has 0 bridgehead atoms. The summed E-state index contributed by atoms with van der Waals surface area (Å²) in [7, 11) is 0. The predicted octanol–water partition coefficient (Wildman–Crippen LogP) is 4.35. The fourth-order valence-corrected chi connectivity index (χ4v) is 2.06. The van der Waals surface area contributed by atoms with Crippen molar-refractivity contribution < 1.29 is 9.53 Å². The molecule has 1 amide bonds. The fraction of sp³-hybridized carbons (Fsp3) is 0.333. The maximum atomic E-state index is 11.8. The number of pyridine rings is 1. The van der Waals surface area contributed by atoms with E-state index in [0.29, 0.717) is 12.2 Å². The third kappa shape index (κ3) is 5.62. The molecule has 1 aromatic heterocycles. The normalized spacial score (nSPS) is 11.0. The second-order valence-corrected chi connectivity index (χ2v) is 6.37. The van der Waals surface area contributed by atoms with Gasteiger partial charge in [-0.1, -0.05) is 6.07 Å². The summed E-state index contributed by atoms with van der Waals surface area (Å²) in [6, 6.07) is 9.64. The Morgan fingerprint density at radius 1 is 1.26 bits per heavy atom. The molecule has 0 radical (unpaired) electrons. The van der Waals surface area contributed by atoms with E-state index in [1.807, 2.05) is 64.2 Å². The first-order valence-corrected chi connectivity index (χ1v) is 7.57. The molecule has 1 aromatic carbocycles. The van der Waals surface area contributed by atoms with E-state index in [4.69, 9.17) is 4.74 Å². The van der Waals surface area contributed by atoms with Crippen LogP contribution in [-0.2, 0) is 11.3 Å². The van der Waals surface area contributed by atoms with Gasteiger partial charge < -0.3 is 10.1 Å². The van der Waals surface area contributed by atoms with Gasteiger partial charge in [0, 0.05) is 30.3 Å². The summed E-state index contributed by atoms with van der Waals surface area (Å²) in [5, 5.41) is 6.11. The van der Waals surface area contributed by atoms with Gasteiger partial charge >= 0.3 is 6.09 Å². The number of nitrogens with zero attached hydrogens (tertiary/aromatic N) is 1. The Morgan fingerprint density at radius 2 is 2.04 bits per heavy atom. The van der Waals surface area contributed by atoms with Crippen molar-refractivity contribution in [2.45, 2.75) is 39.8 Å². The molecule has 2 rings (SSSR count). The molecule has 0 saturated heterocycles. The van der Waals surface area contributed by atoms with Gasteiger partial charge in [-0.2, -0.15) is 0 Å². The lowest BCUT2D eigenvalue weighted by Crippen LogP contribution is -2.27. The molecule has 5 heteroatoms. The number of hydrogen-bond donors (Lipinski definition) is 2. The van der Waals surface area contributed by atoms with Crippen LogP contribution in [0.1, 0.15) is 31.9 Å². The largest absolute Gasteiger partial charge is 0.444 e. The molecular weight excluding hydrogens is 290 g/mol. The fourth-order valence-electron chi connectivity index (χ4n) is 2.06. The minimum absolute atomic E-state index is 0.451. The van der Waals surface area contributed by atoms with Crippen LogP contribution in [-0.4, -0.2) is 16.7 Å². The van der Waals surface area contributed by atoms with E-state index in [-0.39, 0.29) is 0 Å². The maximum Gasteiger partial charge on any atom is 0.412 e. The van der Waals surface area contributed by atoms with Gasteiger partial charge in [-0.15, -0.1) is 0 Å². The van der Waals surface area contributed by atoms with Crippen LogP contribution in [0.3, 0.4) is 0 Å². The molecule has 0 unspecified atom stereocenters. The topological polar surface area (TPSA) is 63.2 Å². The molecular formula is C18H23N3O2. The Balaban J connectivity index is 1.96. The van der Waals surface area contributed by atoms with E-state index in [0.717, 1.165) is 16.8 Å². The van der Waals surface area contributed by atoms with Crippen LogP contribution in [0.4, 0.5) is 16.2 Å². The Bertz CT molecular complexity index is 664. The van der Waals surface area contributed by atoms with Gasteiger partial charge in [0.05, 0.1) is 0 Å². The van der Waals surface area contributed by atoms with Crippen molar-refractivity contribution in [2.24, 2.45) is 0 Å². The van der Waals surface area contributed by atoms with Crippen LogP contribution < -0.4 is 10.6 Å². The molecule has 0 aliphatic rings. The highest BCUT2D eigenvalue weighted by atomic mass is 16.6. The smallest absolute Gasteiger partial charge is 0.412 e. The van der Waals surface area contributed by atoms with Gasteiger partial charge in [-0.05, 0) is 63.1 Å². The summed E-state index contributed by atoms with van der Waals surface area (Å²) < 4.78 is 5.24. The summed E-state index contributed by atoms with van der Waals surface area (Å²) in [4.78, 5) is 15.9. The number of nitrogens with one attached hydrogen (secondary N) is 2. The molecule has 0 atom stereocenters. The van der Waals surface area contributed by atoms with Crippen molar-refractivity contribution >= 4 is 17.5 Å². The summed E-state index contributed by atoms with van der Waals surface area (Å²) in [5.74, 6) is 0. The standard InChI is InChI=1S/C18H23N3O2/c1-13-10-15(21-17(22)23-18(2,3)4)7-8-16(13)20-12-14-6-5-9-19-11-14/h5-11,20H,12H2,1-4H3,(H,21,22). The summed E-state index contributed by atoms with van der Waals surface area (Å²) in [5.41, 5.74) is 3.38. The van der Waals surface area contributed by atoms with Crippen LogP contribution in [0, 0.1) is 6.92 Å². The molecule has 1 heterocycles. The molecule has 0 aliphatic carbocycles. The SMILES string of the molecule is Cc1cc(NC(=O)OC(C)(C)C)ccc1NCc1cccnc1. The van der Waals surface area contributed by atoms with Crippen molar-refractivity contribution in [1.29, 1.82) is 0 Å². The van der Waals surface area contributed by atoms with E-state index < -0.39 is 11.7 Å². The van der Waals surface area contributed by atoms with E-state index in [1.54, 1.807) is 6.20 Å². The highest BCUT2D eigenvalue weighted by Crippen LogP contribution is 2.21. The zero-order chi connectivity index (χ0) is 16.9. The summed E-state index contributed by atoms with van der Waals surface area (Å²) in [6.45, 7) is 8.20. The summed E-state index contributed by atoms with van der Waals surface area (Å²) >= 11 is 0. The number of aryl methyl sites for hydroxylation is 1. The first kappa shape index (κ1) is 16.8. The van der Waals surface area contributed by atoms with Crippen LogP contribution in [0.5, 0.6) is 0 Å². The van der Waals surface area contributed by atoms with Gasteiger partial charge in [0.15, 0.2) is 0 Å². The van der Waals surface area contributed by atoms with E-state index in [9.17, 15) is 4.79 Å². The van der Waals surface area contributed by atoms with Crippen molar-refractivity contribution in [3.05, 3.63) is 53.9 Å².